The molecule has 0 aliphatic heterocycles. The minimum Gasteiger partial charge on any atom is -0.293 e. The Hall–Kier alpha value is -1.41. The van der Waals surface area contributed by atoms with E-state index in [0.29, 0.717) is 5.92 Å². The molecular formula is C18H22OS. The molecule has 0 aliphatic carbocycles. The fraction of sp³-hybridized carbons (Fsp3) is 0.389. The van der Waals surface area contributed by atoms with Crippen molar-refractivity contribution in [2.24, 2.45) is 5.92 Å². The number of Topliss-reactive ketones (excluding diaryl/α,β-unsaturated/α-hetero) is 1. The summed E-state index contributed by atoms with van der Waals surface area (Å²) in [6.07, 6.45) is 1.09. The summed E-state index contributed by atoms with van der Waals surface area (Å²) in [4.78, 5) is 14.5. The van der Waals surface area contributed by atoms with Crippen LogP contribution in [0, 0.1) is 12.8 Å². The zero-order valence-corrected chi connectivity index (χ0v) is 13.5. The highest BCUT2D eigenvalue weighted by atomic mass is 32.1. The third-order valence-corrected chi connectivity index (χ3v) is 4.52. The maximum Gasteiger partial charge on any atom is 0.179 e. The fourth-order valence-corrected chi connectivity index (χ4v) is 3.24. The van der Waals surface area contributed by atoms with E-state index in [1.165, 1.54) is 10.4 Å². The molecule has 1 aromatic heterocycles. The molecule has 0 saturated heterocycles. The topological polar surface area (TPSA) is 17.1 Å². The van der Waals surface area contributed by atoms with Crippen LogP contribution >= 0.6 is 11.3 Å². The Bertz CT molecular complexity index is 578. The molecule has 20 heavy (non-hydrogen) atoms. The molecule has 0 fully saturated rings. The molecule has 1 nitrogen and oxygen atoms in total. The van der Waals surface area contributed by atoms with Gasteiger partial charge in [0.15, 0.2) is 5.78 Å². The first kappa shape index (κ1) is 15.0. The minimum absolute atomic E-state index is 0.0684. The summed E-state index contributed by atoms with van der Waals surface area (Å²) in [7, 11) is 0. The molecule has 2 rings (SSSR count). The molecule has 0 radical (unpaired) electrons. The Labute approximate surface area is 125 Å². The van der Waals surface area contributed by atoms with Crippen molar-refractivity contribution < 1.29 is 4.79 Å². The quantitative estimate of drug-likeness (QED) is 0.687. The molecule has 0 unspecified atom stereocenters. The van der Waals surface area contributed by atoms with Crippen molar-refractivity contribution in [3.8, 4) is 0 Å². The molecule has 0 N–H and O–H groups in total. The first-order valence-corrected chi connectivity index (χ1v) is 7.98. The average Bonchev–Trinajstić information content (AvgIpc) is 2.84. The molecule has 106 valence electrons. The maximum atomic E-state index is 12.4. The molecular weight excluding hydrogens is 264 g/mol. The second kappa shape index (κ2) is 6.36. The summed E-state index contributed by atoms with van der Waals surface area (Å²) in [6, 6.07) is 12.4. The van der Waals surface area contributed by atoms with Crippen LogP contribution in [-0.2, 0) is 6.42 Å². The Balaban J connectivity index is 2.12. The van der Waals surface area contributed by atoms with E-state index < -0.39 is 0 Å². The summed E-state index contributed by atoms with van der Waals surface area (Å²) in [5.41, 5.74) is 2.45. The molecule has 0 bridgehead atoms. The highest BCUT2D eigenvalue weighted by Crippen LogP contribution is 2.25. The number of hydrogen-bond donors (Lipinski definition) is 0. The van der Waals surface area contributed by atoms with Gasteiger partial charge in [-0.2, -0.15) is 0 Å². The van der Waals surface area contributed by atoms with Crippen LogP contribution in [0.4, 0.5) is 0 Å². The summed E-state index contributed by atoms with van der Waals surface area (Å²) in [6.45, 7) is 8.47. The highest BCUT2D eigenvalue weighted by molar-refractivity contribution is 7.14. The number of rotatable bonds is 5. The zero-order valence-electron chi connectivity index (χ0n) is 12.6. The average molecular weight is 286 g/mol. The second-order valence-corrected chi connectivity index (χ2v) is 7.12. The molecule has 1 atom stereocenters. The summed E-state index contributed by atoms with van der Waals surface area (Å²) in [5.74, 6) is 0.815. The van der Waals surface area contributed by atoms with Gasteiger partial charge in [-0.15, -0.1) is 11.3 Å². The van der Waals surface area contributed by atoms with E-state index in [9.17, 15) is 4.79 Å². The fourth-order valence-electron chi connectivity index (χ4n) is 2.35. The van der Waals surface area contributed by atoms with Gasteiger partial charge in [0.2, 0.25) is 0 Å². The van der Waals surface area contributed by atoms with Gasteiger partial charge in [-0.1, -0.05) is 45.0 Å². The highest BCUT2D eigenvalue weighted by Gasteiger charge is 2.18. The van der Waals surface area contributed by atoms with Crippen LogP contribution in [0.3, 0.4) is 0 Å². The van der Waals surface area contributed by atoms with Crippen LogP contribution in [-0.4, -0.2) is 5.78 Å². The number of ketones is 1. The third-order valence-electron chi connectivity index (χ3n) is 3.50. The van der Waals surface area contributed by atoms with Gasteiger partial charge in [-0.25, -0.2) is 0 Å². The molecule has 0 spiro atoms. The minimum atomic E-state index is -0.0684. The van der Waals surface area contributed by atoms with E-state index in [1.807, 2.05) is 26.0 Å². The summed E-state index contributed by atoms with van der Waals surface area (Å²) < 4.78 is 0. The van der Waals surface area contributed by atoms with Crippen molar-refractivity contribution in [3.63, 3.8) is 0 Å². The Kier molecular flexibility index (Phi) is 4.77. The standard InChI is InChI=1S/C18H22OS/c1-12(2)11-15-6-8-16(9-7-15)14(4)18(19)17-10-5-13(3)20-17/h5-10,12,14H,11H2,1-4H3/t14-/m0/s1. The predicted octanol–water partition coefficient (Wildman–Crippen LogP) is 5.24. The third kappa shape index (κ3) is 3.57. The van der Waals surface area contributed by atoms with Gasteiger partial charge >= 0.3 is 0 Å². The van der Waals surface area contributed by atoms with Crippen LogP contribution < -0.4 is 0 Å². The van der Waals surface area contributed by atoms with Gasteiger partial charge in [0.25, 0.3) is 0 Å². The number of benzene rings is 1. The summed E-state index contributed by atoms with van der Waals surface area (Å²) >= 11 is 1.58. The van der Waals surface area contributed by atoms with Gasteiger partial charge in [-0.3, -0.25) is 4.79 Å². The lowest BCUT2D eigenvalue weighted by molar-refractivity contribution is 0.0970. The normalized spacial score (nSPS) is 12.7. The van der Waals surface area contributed by atoms with E-state index in [0.717, 1.165) is 16.9 Å². The number of thiophene rings is 1. The molecule has 0 amide bonds. The van der Waals surface area contributed by atoms with Crippen molar-refractivity contribution in [2.45, 2.75) is 40.0 Å². The van der Waals surface area contributed by atoms with E-state index in [2.05, 4.69) is 38.1 Å². The lowest BCUT2D eigenvalue weighted by Gasteiger charge is -2.11. The van der Waals surface area contributed by atoms with E-state index in [1.54, 1.807) is 11.3 Å². The van der Waals surface area contributed by atoms with Gasteiger partial charge < -0.3 is 0 Å². The Morgan fingerprint density at radius 3 is 2.20 bits per heavy atom. The van der Waals surface area contributed by atoms with Crippen molar-refractivity contribution in [2.75, 3.05) is 0 Å². The van der Waals surface area contributed by atoms with Crippen LogP contribution in [0.15, 0.2) is 36.4 Å². The van der Waals surface area contributed by atoms with E-state index in [4.69, 9.17) is 0 Å². The molecule has 0 aliphatic rings. The lowest BCUT2D eigenvalue weighted by Crippen LogP contribution is -2.08. The van der Waals surface area contributed by atoms with E-state index in [-0.39, 0.29) is 11.7 Å². The molecule has 1 heterocycles. The van der Waals surface area contributed by atoms with Gasteiger partial charge in [-0.05, 0) is 42.5 Å². The molecule has 0 saturated carbocycles. The number of aryl methyl sites for hydroxylation is 1. The number of carbonyl (C=O) groups excluding carboxylic acids is 1. The molecule has 2 heteroatoms. The monoisotopic (exact) mass is 286 g/mol. The molecule has 1 aromatic carbocycles. The van der Waals surface area contributed by atoms with Crippen LogP contribution in [0.25, 0.3) is 0 Å². The number of carbonyl (C=O) groups is 1. The van der Waals surface area contributed by atoms with Gasteiger partial charge in [0.1, 0.15) is 0 Å². The zero-order chi connectivity index (χ0) is 14.7. The van der Waals surface area contributed by atoms with Crippen molar-refractivity contribution in [3.05, 3.63) is 57.3 Å². The molecule has 2 aromatic rings. The Morgan fingerprint density at radius 1 is 1.05 bits per heavy atom. The first-order valence-electron chi connectivity index (χ1n) is 7.17. The maximum absolute atomic E-state index is 12.4. The van der Waals surface area contributed by atoms with Crippen molar-refractivity contribution >= 4 is 17.1 Å². The van der Waals surface area contributed by atoms with Crippen molar-refractivity contribution in [1.82, 2.24) is 0 Å². The van der Waals surface area contributed by atoms with Crippen LogP contribution in [0.1, 0.15) is 52.4 Å². The van der Waals surface area contributed by atoms with Crippen molar-refractivity contribution in [1.29, 1.82) is 0 Å². The van der Waals surface area contributed by atoms with Crippen LogP contribution in [0.5, 0.6) is 0 Å². The predicted molar refractivity (Wildman–Crippen MR) is 86.8 cm³/mol. The largest absolute Gasteiger partial charge is 0.293 e. The SMILES string of the molecule is Cc1ccc(C(=O)[C@@H](C)c2ccc(CC(C)C)cc2)s1. The Morgan fingerprint density at radius 2 is 1.70 bits per heavy atom. The van der Waals surface area contributed by atoms with Gasteiger partial charge in [0, 0.05) is 10.8 Å². The van der Waals surface area contributed by atoms with Crippen LogP contribution in [0.2, 0.25) is 0 Å². The summed E-state index contributed by atoms with van der Waals surface area (Å²) in [5, 5.41) is 0. The first-order chi connectivity index (χ1) is 9.47. The van der Waals surface area contributed by atoms with E-state index >= 15 is 0 Å². The lowest BCUT2D eigenvalue weighted by atomic mass is 9.93. The van der Waals surface area contributed by atoms with Gasteiger partial charge in [0.05, 0.1) is 4.88 Å². The smallest absolute Gasteiger partial charge is 0.179 e. The second-order valence-electron chi connectivity index (χ2n) is 5.84. The number of hydrogen-bond acceptors (Lipinski definition) is 2.